The molecule has 1 N–H and O–H groups in total. The monoisotopic (exact) mass is 546 g/mol. The normalized spacial score (nSPS) is 22.6. The number of halogens is 2. The van der Waals surface area contributed by atoms with Gasteiger partial charge in [0, 0.05) is 30.0 Å². The van der Waals surface area contributed by atoms with Crippen molar-refractivity contribution < 1.29 is 23.6 Å². The molecular formula is C25H36Cl2N2O5S. The van der Waals surface area contributed by atoms with E-state index in [1.807, 2.05) is 25.7 Å². The molecule has 2 aliphatic heterocycles. The van der Waals surface area contributed by atoms with Gasteiger partial charge in [-0.15, -0.1) is 4.72 Å². The molecule has 2 unspecified atom stereocenters. The summed E-state index contributed by atoms with van der Waals surface area (Å²) in [7, 11) is 0. The number of hydrogen-bond acceptors (Lipinski definition) is 6. The van der Waals surface area contributed by atoms with Crippen LogP contribution in [0.15, 0.2) is 24.8 Å². The number of ether oxygens (including phenoxy) is 3. The summed E-state index contributed by atoms with van der Waals surface area (Å²) in [5.74, 6) is -0.201. The molecule has 3 rings (SSSR count). The highest BCUT2D eigenvalue weighted by atomic mass is 35.5. The van der Waals surface area contributed by atoms with Crippen LogP contribution < -0.4 is 9.46 Å². The van der Waals surface area contributed by atoms with Gasteiger partial charge in [0.2, 0.25) is 0 Å². The second-order valence-electron chi connectivity index (χ2n) is 10.3. The van der Waals surface area contributed by atoms with Crippen molar-refractivity contribution in [2.45, 2.75) is 70.1 Å². The molecule has 2 heterocycles. The lowest BCUT2D eigenvalue weighted by Gasteiger charge is -2.39. The van der Waals surface area contributed by atoms with Crippen LogP contribution in [0.2, 0.25) is 10.0 Å². The van der Waals surface area contributed by atoms with Crippen LogP contribution in [0, 0.1) is 5.92 Å². The number of hydrogen-bond donors (Lipinski definition) is 1. The number of benzene rings is 1. The van der Waals surface area contributed by atoms with Gasteiger partial charge >= 0.3 is 0 Å². The zero-order valence-electron chi connectivity index (χ0n) is 21.1. The Morgan fingerprint density at radius 3 is 2.57 bits per heavy atom. The topological polar surface area (TPSA) is 83.1 Å². The maximum absolute atomic E-state index is 13.2. The maximum atomic E-state index is 13.2. The molecule has 7 nitrogen and oxygen atoms in total. The van der Waals surface area contributed by atoms with E-state index in [4.69, 9.17) is 37.4 Å². The Hall–Kier alpha value is -1.00. The highest BCUT2D eigenvalue weighted by Gasteiger charge is 2.42. The third-order valence-corrected chi connectivity index (χ3v) is 8.56. The molecule has 2 saturated heterocycles. The van der Waals surface area contributed by atoms with Crippen LogP contribution in [0.5, 0.6) is 5.75 Å². The Kier molecular flexibility index (Phi) is 9.46. The minimum absolute atomic E-state index is 0.0459. The van der Waals surface area contributed by atoms with Gasteiger partial charge in [-0.25, -0.2) is 0 Å². The van der Waals surface area contributed by atoms with Crippen molar-refractivity contribution in [3.63, 3.8) is 0 Å². The first-order chi connectivity index (χ1) is 16.3. The molecule has 0 aliphatic carbocycles. The zero-order valence-corrected chi connectivity index (χ0v) is 23.4. The van der Waals surface area contributed by atoms with Gasteiger partial charge in [-0.2, -0.15) is 0 Å². The van der Waals surface area contributed by atoms with Crippen LogP contribution in [0.1, 0.15) is 59.1 Å². The fourth-order valence-corrected chi connectivity index (χ4v) is 5.59. The Morgan fingerprint density at radius 1 is 1.37 bits per heavy atom. The summed E-state index contributed by atoms with van der Waals surface area (Å²) in [5, 5.41) is 0.767. The van der Waals surface area contributed by atoms with Gasteiger partial charge in [0.1, 0.15) is 17.1 Å². The SMILES string of the molecule is C=CCOc1ccc(Cl)c(Cl)c1C(N[S+]([O-])C(C)(C)C)C1CCN(C(=O)[C@H]2COC(C)(C)O2)CC1. The highest BCUT2D eigenvalue weighted by molar-refractivity contribution is 7.90. The van der Waals surface area contributed by atoms with E-state index in [2.05, 4.69) is 11.3 Å². The fraction of sp³-hybridized carbons (Fsp3) is 0.640. The molecule has 3 atom stereocenters. The summed E-state index contributed by atoms with van der Waals surface area (Å²) in [5.41, 5.74) is 0.678. The van der Waals surface area contributed by atoms with Crippen LogP contribution in [0.4, 0.5) is 0 Å². The Bertz CT molecular complexity index is 916. The summed E-state index contributed by atoms with van der Waals surface area (Å²) in [6.45, 7) is 14.7. The smallest absolute Gasteiger partial charge is 0.254 e. The van der Waals surface area contributed by atoms with Crippen molar-refractivity contribution >= 4 is 40.5 Å². The standard InChI is InChI=1S/C25H36Cl2N2O5S/c1-7-14-32-18-9-8-17(26)21(27)20(18)22(28-35(31)24(2,3)4)16-10-12-29(13-11-16)23(30)19-15-33-25(5,6)34-19/h7-9,16,19,22,28H,1,10-15H2,2-6H3/t19-,22?,35?/m1/s1. The second kappa shape index (κ2) is 11.6. The van der Waals surface area contributed by atoms with Crippen LogP contribution in [0.3, 0.4) is 0 Å². The number of amides is 1. The molecule has 10 heteroatoms. The number of nitrogens with one attached hydrogen (secondary N) is 1. The minimum atomic E-state index is -1.37. The van der Waals surface area contributed by atoms with E-state index in [9.17, 15) is 9.35 Å². The lowest BCUT2D eigenvalue weighted by molar-refractivity contribution is -0.161. The summed E-state index contributed by atoms with van der Waals surface area (Å²) >= 11 is 11.7. The molecule has 0 bridgehead atoms. The zero-order chi connectivity index (χ0) is 26.0. The number of likely N-dealkylation sites (tertiary alicyclic amines) is 1. The molecule has 1 aromatic rings. The van der Waals surface area contributed by atoms with Crippen molar-refractivity contribution in [2.24, 2.45) is 5.92 Å². The number of nitrogens with zero attached hydrogens (tertiary/aromatic N) is 1. The van der Waals surface area contributed by atoms with Crippen molar-refractivity contribution in [3.05, 3.63) is 40.4 Å². The Labute approximate surface area is 221 Å². The average molecular weight is 548 g/mol. The first-order valence-electron chi connectivity index (χ1n) is 11.8. The molecular weight excluding hydrogens is 511 g/mol. The average Bonchev–Trinajstić information content (AvgIpc) is 3.17. The van der Waals surface area contributed by atoms with Crippen molar-refractivity contribution in [3.8, 4) is 5.75 Å². The number of carbonyl (C=O) groups is 1. The molecule has 196 valence electrons. The Balaban J connectivity index is 1.84. The number of rotatable bonds is 8. The first-order valence-corrected chi connectivity index (χ1v) is 13.7. The van der Waals surface area contributed by atoms with Crippen molar-refractivity contribution in [2.75, 3.05) is 26.3 Å². The highest BCUT2D eigenvalue weighted by Crippen LogP contribution is 2.43. The number of piperidine rings is 1. The van der Waals surface area contributed by atoms with Gasteiger partial charge in [0.05, 0.1) is 22.7 Å². The van der Waals surface area contributed by atoms with Gasteiger partial charge < -0.3 is 23.7 Å². The van der Waals surface area contributed by atoms with E-state index in [0.717, 1.165) is 0 Å². The molecule has 0 aromatic heterocycles. The first kappa shape index (κ1) is 28.6. The van der Waals surface area contributed by atoms with Crippen molar-refractivity contribution in [1.82, 2.24) is 9.62 Å². The van der Waals surface area contributed by atoms with Gasteiger partial charge in [-0.3, -0.25) is 4.79 Å². The summed E-state index contributed by atoms with van der Waals surface area (Å²) in [4.78, 5) is 14.8. The maximum Gasteiger partial charge on any atom is 0.254 e. The molecule has 1 amide bonds. The van der Waals surface area contributed by atoms with E-state index < -0.39 is 28.0 Å². The third kappa shape index (κ3) is 7.06. The summed E-state index contributed by atoms with van der Waals surface area (Å²) in [6.07, 6.45) is 2.43. The number of carbonyl (C=O) groups excluding carboxylic acids is 1. The summed E-state index contributed by atoms with van der Waals surface area (Å²) < 4.78 is 33.2. The molecule has 0 radical (unpaired) electrons. The van der Waals surface area contributed by atoms with E-state index in [1.54, 1.807) is 32.1 Å². The van der Waals surface area contributed by atoms with Crippen LogP contribution in [-0.4, -0.2) is 58.3 Å². The fourth-order valence-electron chi connectivity index (χ4n) is 4.26. The Morgan fingerprint density at radius 2 is 2.03 bits per heavy atom. The van der Waals surface area contributed by atoms with E-state index in [1.165, 1.54) is 0 Å². The predicted molar refractivity (Wildman–Crippen MR) is 140 cm³/mol. The molecule has 1 aromatic carbocycles. The van der Waals surface area contributed by atoms with Crippen molar-refractivity contribution in [1.29, 1.82) is 0 Å². The second-order valence-corrected chi connectivity index (χ2v) is 13.1. The lowest BCUT2D eigenvalue weighted by atomic mass is 9.85. The third-order valence-electron chi connectivity index (χ3n) is 6.16. The predicted octanol–water partition coefficient (Wildman–Crippen LogP) is 5.04. The molecule has 35 heavy (non-hydrogen) atoms. The molecule has 0 spiro atoms. The van der Waals surface area contributed by atoms with E-state index in [0.29, 0.717) is 53.9 Å². The lowest BCUT2D eigenvalue weighted by Crippen LogP contribution is -2.48. The minimum Gasteiger partial charge on any atom is -0.598 e. The van der Waals surface area contributed by atoms with Crippen LogP contribution in [-0.2, 0) is 25.6 Å². The quantitative estimate of drug-likeness (QED) is 0.363. The van der Waals surface area contributed by atoms with E-state index >= 15 is 0 Å². The van der Waals surface area contributed by atoms with Crippen LogP contribution in [0.25, 0.3) is 0 Å². The van der Waals surface area contributed by atoms with Gasteiger partial charge in [0.25, 0.3) is 5.91 Å². The van der Waals surface area contributed by atoms with Gasteiger partial charge in [-0.05, 0) is 65.5 Å². The molecule has 0 saturated carbocycles. The molecule has 2 fully saturated rings. The van der Waals surface area contributed by atoms with Crippen LogP contribution >= 0.6 is 23.2 Å². The molecule has 2 aliphatic rings. The van der Waals surface area contributed by atoms with Gasteiger partial charge in [0.15, 0.2) is 11.9 Å². The van der Waals surface area contributed by atoms with Gasteiger partial charge in [-0.1, -0.05) is 35.9 Å². The largest absolute Gasteiger partial charge is 0.598 e. The van der Waals surface area contributed by atoms with E-state index in [-0.39, 0.29) is 24.5 Å². The summed E-state index contributed by atoms with van der Waals surface area (Å²) in [6, 6.07) is 3.08.